The van der Waals surface area contributed by atoms with Crippen LogP contribution >= 0.6 is 0 Å². The van der Waals surface area contributed by atoms with Gasteiger partial charge in [0, 0.05) is 19.2 Å². The Bertz CT molecular complexity index is 451. The van der Waals surface area contributed by atoms with Crippen LogP contribution in [0.3, 0.4) is 0 Å². The Morgan fingerprint density at radius 2 is 2.06 bits per heavy atom. The molecule has 0 bridgehead atoms. The lowest BCUT2D eigenvalue weighted by Crippen LogP contribution is -2.08. The first-order chi connectivity index (χ1) is 7.83. The third-order valence-electron chi connectivity index (χ3n) is 2.44. The van der Waals surface area contributed by atoms with Gasteiger partial charge in [-0.15, -0.1) is 0 Å². The maximum absolute atomic E-state index is 8.75. The highest BCUT2D eigenvalue weighted by atomic mass is 16.3. The molecule has 0 fully saturated rings. The van der Waals surface area contributed by atoms with Crippen LogP contribution < -0.4 is 5.32 Å². The van der Waals surface area contributed by atoms with Gasteiger partial charge in [0.2, 0.25) is 0 Å². The third kappa shape index (κ3) is 2.06. The monoisotopic (exact) mass is 217 g/mol. The van der Waals surface area contributed by atoms with Crippen LogP contribution in [0, 0.1) is 0 Å². The molecule has 0 aliphatic heterocycles. The smallest absolute Gasteiger partial charge is 0.141 e. The predicted octanol–water partition coefficient (Wildman–Crippen LogP) is 1.49. The average Bonchev–Trinajstić information content (AvgIpc) is 2.69. The first kappa shape index (κ1) is 10.7. The first-order valence-corrected chi connectivity index (χ1v) is 5.25. The Morgan fingerprint density at radius 3 is 2.75 bits per heavy atom. The molecule has 0 saturated carbocycles. The largest absolute Gasteiger partial charge is 0.395 e. The Balaban J connectivity index is 2.27. The fraction of sp³-hybridized carbons (Fsp3) is 0.250. The second-order valence-corrected chi connectivity index (χ2v) is 3.54. The van der Waals surface area contributed by atoms with E-state index < -0.39 is 0 Å². The van der Waals surface area contributed by atoms with Gasteiger partial charge in [0.1, 0.15) is 11.6 Å². The van der Waals surface area contributed by atoms with Gasteiger partial charge in [0.15, 0.2) is 0 Å². The average molecular weight is 217 g/mol. The molecule has 2 rings (SSSR count). The number of nitrogens with one attached hydrogen (secondary N) is 1. The Morgan fingerprint density at radius 1 is 1.31 bits per heavy atom. The molecule has 0 aliphatic carbocycles. The number of aliphatic hydroxyl groups is 1. The van der Waals surface area contributed by atoms with Crippen LogP contribution in [0.25, 0.3) is 11.4 Å². The quantitative estimate of drug-likeness (QED) is 0.815. The highest BCUT2D eigenvalue weighted by Gasteiger charge is 2.07. The topological polar surface area (TPSA) is 50.1 Å². The van der Waals surface area contributed by atoms with Gasteiger partial charge < -0.3 is 15.0 Å². The van der Waals surface area contributed by atoms with Crippen LogP contribution in [0.4, 0.5) is 5.82 Å². The summed E-state index contributed by atoms with van der Waals surface area (Å²) in [5.74, 6) is 1.83. The minimum absolute atomic E-state index is 0.117. The maximum atomic E-state index is 8.75. The number of aliphatic hydroxyl groups excluding tert-OH is 1. The number of benzene rings is 1. The third-order valence-corrected chi connectivity index (χ3v) is 2.44. The molecule has 0 saturated heterocycles. The van der Waals surface area contributed by atoms with Crippen molar-refractivity contribution in [2.24, 2.45) is 7.05 Å². The highest BCUT2D eigenvalue weighted by Crippen LogP contribution is 2.20. The summed E-state index contributed by atoms with van der Waals surface area (Å²) < 4.78 is 1.98. The van der Waals surface area contributed by atoms with E-state index in [4.69, 9.17) is 5.11 Å². The van der Waals surface area contributed by atoms with Gasteiger partial charge in [0.05, 0.1) is 12.8 Å². The molecular weight excluding hydrogens is 202 g/mol. The van der Waals surface area contributed by atoms with E-state index in [0.29, 0.717) is 6.54 Å². The summed E-state index contributed by atoms with van der Waals surface area (Å²) >= 11 is 0. The lowest BCUT2D eigenvalue weighted by molar-refractivity contribution is 0.311. The number of hydrogen-bond acceptors (Lipinski definition) is 3. The van der Waals surface area contributed by atoms with E-state index in [0.717, 1.165) is 17.2 Å². The minimum Gasteiger partial charge on any atom is -0.395 e. The zero-order valence-corrected chi connectivity index (χ0v) is 9.22. The number of aromatic nitrogens is 2. The fourth-order valence-electron chi connectivity index (χ4n) is 1.61. The van der Waals surface area contributed by atoms with Gasteiger partial charge in [-0.3, -0.25) is 0 Å². The van der Waals surface area contributed by atoms with Crippen molar-refractivity contribution in [1.82, 2.24) is 9.55 Å². The summed E-state index contributed by atoms with van der Waals surface area (Å²) in [7, 11) is 1.95. The van der Waals surface area contributed by atoms with Crippen LogP contribution in [0.1, 0.15) is 0 Å². The molecule has 0 radical (unpaired) electrons. The van der Waals surface area contributed by atoms with Crippen LogP contribution in [0.15, 0.2) is 36.5 Å². The zero-order valence-electron chi connectivity index (χ0n) is 9.22. The van der Waals surface area contributed by atoms with Crippen molar-refractivity contribution in [3.8, 4) is 11.4 Å². The molecule has 0 atom stereocenters. The molecule has 2 aromatic rings. The second-order valence-electron chi connectivity index (χ2n) is 3.54. The molecule has 16 heavy (non-hydrogen) atoms. The minimum atomic E-state index is 0.117. The van der Waals surface area contributed by atoms with E-state index in [9.17, 15) is 0 Å². The molecule has 2 N–H and O–H groups in total. The van der Waals surface area contributed by atoms with Crippen LogP contribution in [0.2, 0.25) is 0 Å². The van der Waals surface area contributed by atoms with Crippen LogP contribution in [-0.4, -0.2) is 27.8 Å². The van der Waals surface area contributed by atoms with Gasteiger partial charge in [-0.1, -0.05) is 30.3 Å². The lowest BCUT2D eigenvalue weighted by Gasteiger charge is -2.07. The highest BCUT2D eigenvalue weighted by molar-refractivity contribution is 5.58. The van der Waals surface area contributed by atoms with E-state index in [1.807, 2.05) is 41.9 Å². The molecule has 84 valence electrons. The van der Waals surface area contributed by atoms with E-state index in [-0.39, 0.29) is 6.61 Å². The lowest BCUT2D eigenvalue weighted by atomic mass is 10.2. The Kier molecular flexibility index (Phi) is 3.22. The Labute approximate surface area is 94.6 Å². The maximum Gasteiger partial charge on any atom is 0.141 e. The van der Waals surface area contributed by atoms with Crippen molar-refractivity contribution in [2.75, 3.05) is 18.5 Å². The summed E-state index contributed by atoms with van der Waals surface area (Å²) in [6.07, 6.45) is 1.78. The van der Waals surface area contributed by atoms with Gasteiger partial charge in [-0.05, 0) is 0 Å². The molecule has 0 unspecified atom stereocenters. The molecule has 1 aromatic carbocycles. The molecule has 1 heterocycles. The van der Waals surface area contributed by atoms with Crippen LogP contribution in [-0.2, 0) is 7.05 Å². The number of nitrogens with zero attached hydrogens (tertiary/aromatic N) is 2. The SMILES string of the molecule is Cn1c(NCCO)cnc1-c1ccccc1. The Hall–Kier alpha value is -1.81. The van der Waals surface area contributed by atoms with Gasteiger partial charge in [0.25, 0.3) is 0 Å². The molecular formula is C12H15N3O. The summed E-state index contributed by atoms with van der Waals surface area (Å²) in [5, 5.41) is 11.9. The molecule has 4 nitrogen and oxygen atoms in total. The van der Waals surface area contributed by atoms with Crippen molar-refractivity contribution in [1.29, 1.82) is 0 Å². The number of rotatable bonds is 4. The number of imidazole rings is 1. The summed E-state index contributed by atoms with van der Waals surface area (Å²) in [4.78, 5) is 4.36. The summed E-state index contributed by atoms with van der Waals surface area (Å²) in [6.45, 7) is 0.652. The predicted molar refractivity (Wildman–Crippen MR) is 64.2 cm³/mol. The van der Waals surface area contributed by atoms with Gasteiger partial charge >= 0.3 is 0 Å². The fourth-order valence-corrected chi connectivity index (χ4v) is 1.61. The van der Waals surface area contributed by atoms with E-state index in [2.05, 4.69) is 10.3 Å². The molecule has 0 spiro atoms. The first-order valence-electron chi connectivity index (χ1n) is 5.25. The van der Waals surface area contributed by atoms with Crippen LogP contribution in [0.5, 0.6) is 0 Å². The van der Waals surface area contributed by atoms with E-state index >= 15 is 0 Å². The standard InChI is InChI=1S/C12H15N3O/c1-15-11(13-7-8-16)9-14-12(15)10-5-3-2-4-6-10/h2-6,9,13,16H,7-8H2,1H3. The second kappa shape index (κ2) is 4.81. The molecule has 1 aromatic heterocycles. The normalized spacial score (nSPS) is 10.4. The zero-order chi connectivity index (χ0) is 11.4. The summed E-state index contributed by atoms with van der Waals surface area (Å²) in [5.41, 5.74) is 1.09. The summed E-state index contributed by atoms with van der Waals surface area (Å²) in [6, 6.07) is 10.0. The van der Waals surface area contributed by atoms with E-state index in [1.165, 1.54) is 0 Å². The van der Waals surface area contributed by atoms with Crippen molar-refractivity contribution < 1.29 is 5.11 Å². The van der Waals surface area contributed by atoms with Crippen molar-refractivity contribution in [2.45, 2.75) is 0 Å². The molecule has 0 aliphatic rings. The number of hydrogen-bond donors (Lipinski definition) is 2. The van der Waals surface area contributed by atoms with Crippen molar-refractivity contribution in [3.63, 3.8) is 0 Å². The van der Waals surface area contributed by atoms with Gasteiger partial charge in [-0.25, -0.2) is 4.98 Å². The van der Waals surface area contributed by atoms with Gasteiger partial charge in [-0.2, -0.15) is 0 Å². The molecule has 4 heteroatoms. The van der Waals surface area contributed by atoms with Crippen molar-refractivity contribution in [3.05, 3.63) is 36.5 Å². The van der Waals surface area contributed by atoms with Crippen molar-refractivity contribution >= 4 is 5.82 Å². The molecule has 0 amide bonds. The number of anilines is 1. The van der Waals surface area contributed by atoms with E-state index in [1.54, 1.807) is 6.20 Å².